The zero-order chi connectivity index (χ0) is 12.6. The normalized spacial score (nSPS) is 19.1. The molecule has 0 aliphatic carbocycles. The molecule has 0 atom stereocenters. The van der Waals surface area contributed by atoms with Crippen LogP contribution in [0.4, 0.5) is 5.82 Å². The lowest BCUT2D eigenvalue weighted by molar-refractivity contribution is -0.135. The third-order valence-corrected chi connectivity index (χ3v) is 2.84. The molecule has 17 heavy (non-hydrogen) atoms. The highest BCUT2D eigenvalue weighted by Crippen LogP contribution is 2.24. The van der Waals surface area contributed by atoms with E-state index in [1.54, 1.807) is 18.7 Å². The number of carbonyl (C=O) groups is 2. The average molecular weight is 255 g/mol. The fraction of sp³-hybridized carbons (Fsp3) is 0.400. The van der Waals surface area contributed by atoms with Gasteiger partial charge in [0.15, 0.2) is 0 Å². The van der Waals surface area contributed by atoms with Crippen LogP contribution < -0.4 is 10.2 Å². The Labute approximate surface area is 103 Å². The molecule has 0 bridgehead atoms. The Morgan fingerprint density at radius 3 is 2.76 bits per heavy atom. The van der Waals surface area contributed by atoms with Crippen LogP contribution in [0.15, 0.2) is 12.4 Å². The molecule has 0 saturated carbocycles. The maximum Gasteiger partial charge on any atom is 0.251 e. The fourth-order valence-corrected chi connectivity index (χ4v) is 1.76. The number of hydrogen-bond donors (Lipinski definition) is 1. The maximum atomic E-state index is 11.7. The molecule has 2 amide bonds. The predicted octanol–water partition coefficient (Wildman–Crippen LogP) is 0.371. The molecule has 2 rings (SSSR count). The van der Waals surface area contributed by atoms with Gasteiger partial charge in [-0.1, -0.05) is 11.6 Å². The van der Waals surface area contributed by atoms with Crippen molar-refractivity contribution in [1.29, 1.82) is 0 Å². The Balaban J connectivity index is 2.42. The molecule has 6 nitrogen and oxygen atoms in total. The van der Waals surface area contributed by atoms with E-state index in [9.17, 15) is 9.59 Å². The van der Waals surface area contributed by atoms with Crippen molar-refractivity contribution in [3.63, 3.8) is 0 Å². The maximum absolute atomic E-state index is 11.7. The highest BCUT2D eigenvalue weighted by molar-refractivity contribution is 6.29. The number of halogens is 1. The number of nitrogens with one attached hydrogen (secondary N) is 1. The molecule has 0 unspecified atom stereocenters. The van der Waals surface area contributed by atoms with Gasteiger partial charge in [0.05, 0.1) is 18.9 Å². The first-order valence-electron chi connectivity index (χ1n) is 5.01. The third-order valence-electron chi connectivity index (χ3n) is 2.65. The first-order valence-corrected chi connectivity index (χ1v) is 5.38. The summed E-state index contributed by atoms with van der Waals surface area (Å²) in [6, 6.07) is 0. The summed E-state index contributed by atoms with van der Waals surface area (Å²) >= 11 is 5.74. The van der Waals surface area contributed by atoms with Crippen molar-refractivity contribution in [2.24, 2.45) is 0 Å². The van der Waals surface area contributed by atoms with Crippen LogP contribution in [-0.4, -0.2) is 33.9 Å². The lowest BCUT2D eigenvalue weighted by atomic mass is 9.99. The summed E-state index contributed by atoms with van der Waals surface area (Å²) in [5, 5.41) is 2.50. The van der Waals surface area contributed by atoms with Crippen LogP contribution in [0.3, 0.4) is 0 Å². The lowest BCUT2D eigenvalue weighted by Crippen LogP contribution is -2.64. The number of piperazine rings is 1. The van der Waals surface area contributed by atoms with Crippen molar-refractivity contribution in [3.05, 3.63) is 17.5 Å². The number of anilines is 1. The zero-order valence-electron chi connectivity index (χ0n) is 9.40. The highest BCUT2D eigenvalue weighted by atomic mass is 35.5. The van der Waals surface area contributed by atoms with Gasteiger partial charge in [-0.25, -0.2) is 4.98 Å². The number of nitrogens with zero attached hydrogens (tertiary/aromatic N) is 3. The van der Waals surface area contributed by atoms with Crippen LogP contribution in [0.5, 0.6) is 0 Å². The van der Waals surface area contributed by atoms with Gasteiger partial charge >= 0.3 is 0 Å². The molecule has 1 aliphatic rings. The van der Waals surface area contributed by atoms with Crippen LogP contribution in [-0.2, 0) is 9.59 Å². The molecule has 1 aromatic heterocycles. The molecule has 90 valence electrons. The van der Waals surface area contributed by atoms with Gasteiger partial charge in [-0.15, -0.1) is 0 Å². The number of amides is 2. The Bertz CT molecular complexity index is 489. The van der Waals surface area contributed by atoms with Gasteiger partial charge in [0, 0.05) is 0 Å². The second-order valence-electron chi connectivity index (χ2n) is 4.22. The van der Waals surface area contributed by atoms with Gasteiger partial charge in [0.25, 0.3) is 5.91 Å². The van der Waals surface area contributed by atoms with Gasteiger partial charge in [0.1, 0.15) is 16.5 Å². The van der Waals surface area contributed by atoms with Crippen LogP contribution in [0.25, 0.3) is 0 Å². The second kappa shape index (κ2) is 3.96. The second-order valence-corrected chi connectivity index (χ2v) is 4.61. The Morgan fingerprint density at radius 1 is 1.41 bits per heavy atom. The number of rotatable bonds is 1. The molecule has 0 radical (unpaired) electrons. The van der Waals surface area contributed by atoms with Crippen LogP contribution in [0.2, 0.25) is 5.15 Å². The van der Waals surface area contributed by atoms with Crippen LogP contribution in [0, 0.1) is 0 Å². The van der Waals surface area contributed by atoms with E-state index in [4.69, 9.17) is 11.6 Å². The fourth-order valence-electron chi connectivity index (χ4n) is 1.61. The van der Waals surface area contributed by atoms with Crippen LogP contribution >= 0.6 is 11.6 Å². The molecule has 1 fully saturated rings. The number of hydrogen-bond acceptors (Lipinski definition) is 5. The Hall–Kier alpha value is -1.69. The van der Waals surface area contributed by atoms with E-state index >= 15 is 0 Å². The molecule has 0 spiro atoms. The van der Waals surface area contributed by atoms with E-state index in [-0.39, 0.29) is 23.5 Å². The molecule has 1 N–H and O–H groups in total. The monoisotopic (exact) mass is 254 g/mol. The van der Waals surface area contributed by atoms with Gasteiger partial charge in [-0.2, -0.15) is 0 Å². The Kier molecular flexibility index (Phi) is 2.74. The van der Waals surface area contributed by atoms with E-state index in [0.717, 1.165) is 0 Å². The summed E-state index contributed by atoms with van der Waals surface area (Å²) in [6.45, 7) is 3.46. The summed E-state index contributed by atoms with van der Waals surface area (Å²) in [5.74, 6) is -0.322. The van der Waals surface area contributed by atoms with E-state index in [2.05, 4.69) is 15.3 Å². The third kappa shape index (κ3) is 2.08. The van der Waals surface area contributed by atoms with Crippen molar-refractivity contribution in [2.75, 3.05) is 11.4 Å². The van der Waals surface area contributed by atoms with Gasteiger partial charge in [0.2, 0.25) is 5.91 Å². The SMILES string of the molecule is CC1(C)C(=O)NC(=O)CN1c1cncc(Cl)n1. The average Bonchev–Trinajstić information content (AvgIpc) is 2.24. The minimum absolute atomic E-state index is 0.0494. The molecule has 1 aromatic rings. The van der Waals surface area contributed by atoms with Gasteiger partial charge in [-0.05, 0) is 13.8 Å². The summed E-state index contributed by atoms with van der Waals surface area (Å²) < 4.78 is 0. The predicted molar refractivity (Wildman–Crippen MR) is 61.6 cm³/mol. The summed E-state index contributed by atoms with van der Waals surface area (Å²) in [6.07, 6.45) is 2.86. The number of aromatic nitrogens is 2. The van der Waals surface area contributed by atoms with E-state index in [1.807, 2.05) is 0 Å². The van der Waals surface area contributed by atoms with Crippen molar-refractivity contribution >= 4 is 29.2 Å². The topological polar surface area (TPSA) is 75.2 Å². The van der Waals surface area contributed by atoms with Crippen molar-refractivity contribution in [1.82, 2.24) is 15.3 Å². The largest absolute Gasteiger partial charge is 0.332 e. The summed E-state index contributed by atoms with van der Waals surface area (Å²) in [5.41, 5.74) is -0.868. The van der Waals surface area contributed by atoms with E-state index < -0.39 is 5.54 Å². The Morgan fingerprint density at radius 2 is 2.12 bits per heavy atom. The quantitative estimate of drug-likeness (QED) is 0.733. The first kappa shape index (κ1) is 11.8. The molecule has 1 aliphatic heterocycles. The molecule has 2 heterocycles. The zero-order valence-corrected chi connectivity index (χ0v) is 10.2. The van der Waals surface area contributed by atoms with E-state index in [0.29, 0.717) is 5.82 Å². The molecule has 7 heteroatoms. The molecular formula is C10H11ClN4O2. The number of imide groups is 1. The minimum atomic E-state index is -0.868. The van der Waals surface area contributed by atoms with Gasteiger partial charge in [-0.3, -0.25) is 19.9 Å². The molecule has 0 aromatic carbocycles. The first-order chi connectivity index (χ1) is 7.91. The van der Waals surface area contributed by atoms with Gasteiger partial charge < -0.3 is 4.90 Å². The molecular weight excluding hydrogens is 244 g/mol. The van der Waals surface area contributed by atoms with Crippen LogP contribution in [0.1, 0.15) is 13.8 Å². The summed E-state index contributed by atoms with van der Waals surface area (Å²) in [4.78, 5) is 32.6. The van der Waals surface area contributed by atoms with Crippen molar-refractivity contribution in [2.45, 2.75) is 19.4 Å². The number of carbonyl (C=O) groups excluding carboxylic acids is 2. The highest BCUT2D eigenvalue weighted by Gasteiger charge is 2.41. The molecule has 1 saturated heterocycles. The summed E-state index contributed by atoms with van der Waals surface area (Å²) in [7, 11) is 0. The van der Waals surface area contributed by atoms with Crippen molar-refractivity contribution in [3.8, 4) is 0 Å². The minimum Gasteiger partial charge on any atom is -0.332 e. The van der Waals surface area contributed by atoms with E-state index in [1.165, 1.54) is 12.4 Å². The van der Waals surface area contributed by atoms with Crippen molar-refractivity contribution < 1.29 is 9.59 Å². The smallest absolute Gasteiger partial charge is 0.251 e. The lowest BCUT2D eigenvalue weighted by Gasteiger charge is -2.40. The standard InChI is InChI=1S/C10H11ClN4O2/c1-10(2)9(17)14-8(16)5-15(10)7-4-12-3-6(11)13-7/h3-4H,5H2,1-2H3,(H,14,16,17).